The lowest BCUT2D eigenvalue weighted by molar-refractivity contribution is -0.124. The van der Waals surface area contributed by atoms with Crippen molar-refractivity contribution in [1.29, 1.82) is 0 Å². The molecule has 102 valence electrons. The van der Waals surface area contributed by atoms with Gasteiger partial charge in [0.05, 0.1) is 0 Å². The van der Waals surface area contributed by atoms with Crippen LogP contribution in [0, 0.1) is 5.92 Å². The van der Waals surface area contributed by atoms with Gasteiger partial charge in [0.15, 0.2) is 5.84 Å². The molecule has 1 aliphatic rings. The average Bonchev–Trinajstić information content (AvgIpc) is 2.98. The summed E-state index contributed by atoms with van der Waals surface area (Å²) < 4.78 is 0. The zero-order valence-electron chi connectivity index (χ0n) is 10.5. The largest absolute Gasteiger partial charge is 0.409 e. The number of nitrogens with one attached hydrogen (secondary N) is 1. The molecule has 1 fully saturated rings. The summed E-state index contributed by atoms with van der Waals surface area (Å²) in [7, 11) is 0. The molecule has 1 atom stereocenters. The minimum atomic E-state index is 0.0820. The molecule has 0 bridgehead atoms. The van der Waals surface area contributed by atoms with E-state index in [2.05, 4.69) is 10.5 Å². The third-order valence-electron chi connectivity index (χ3n) is 3.12. The fourth-order valence-corrected chi connectivity index (χ4v) is 3.15. The molecule has 4 N–H and O–H groups in total. The number of thioether (sulfide) groups is 1. The van der Waals surface area contributed by atoms with Crippen LogP contribution in [-0.4, -0.2) is 28.5 Å². The van der Waals surface area contributed by atoms with Crippen LogP contribution in [0.3, 0.4) is 0 Å². The SMILES string of the molecule is NC(=NO)c1ccc(CNC(=O)C2CCSC2)cc1. The van der Waals surface area contributed by atoms with Crippen LogP contribution in [0.4, 0.5) is 0 Å². The molecule has 0 saturated carbocycles. The summed E-state index contributed by atoms with van der Waals surface area (Å²) in [5.74, 6) is 2.37. The number of carbonyl (C=O) groups excluding carboxylic acids is 1. The van der Waals surface area contributed by atoms with Crippen molar-refractivity contribution in [3.8, 4) is 0 Å². The molecular weight excluding hydrogens is 262 g/mol. The van der Waals surface area contributed by atoms with Crippen molar-refractivity contribution in [3.63, 3.8) is 0 Å². The standard InChI is InChI=1S/C13H17N3O2S/c14-12(16-18)10-3-1-9(2-4-10)7-15-13(17)11-5-6-19-8-11/h1-4,11,18H,5-8H2,(H2,14,16)(H,15,17). The normalized spacial score (nSPS) is 19.4. The Bertz CT molecular complexity index is 467. The van der Waals surface area contributed by atoms with Gasteiger partial charge in [0.2, 0.25) is 5.91 Å². The van der Waals surface area contributed by atoms with Crippen molar-refractivity contribution in [2.24, 2.45) is 16.8 Å². The fourth-order valence-electron chi connectivity index (χ4n) is 1.93. The molecule has 2 rings (SSSR count). The van der Waals surface area contributed by atoms with Crippen molar-refractivity contribution in [3.05, 3.63) is 35.4 Å². The average molecular weight is 279 g/mol. The van der Waals surface area contributed by atoms with E-state index in [4.69, 9.17) is 10.9 Å². The van der Waals surface area contributed by atoms with Gasteiger partial charge in [-0.2, -0.15) is 11.8 Å². The van der Waals surface area contributed by atoms with Crippen LogP contribution in [0.1, 0.15) is 17.5 Å². The lowest BCUT2D eigenvalue weighted by atomic mass is 10.1. The molecule has 1 unspecified atom stereocenters. The highest BCUT2D eigenvalue weighted by Crippen LogP contribution is 2.23. The second-order valence-electron chi connectivity index (χ2n) is 4.46. The number of benzene rings is 1. The smallest absolute Gasteiger partial charge is 0.224 e. The first-order valence-electron chi connectivity index (χ1n) is 6.13. The van der Waals surface area contributed by atoms with E-state index >= 15 is 0 Å². The van der Waals surface area contributed by atoms with E-state index in [0.717, 1.165) is 23.5 Å². The number of hydrogen-bond acceptors (Lipinski definition) is 4. The van der Waals surface area contributed by atoms with Crippen LogP contribution in [0.15, 0.2) is 29.4 Å². The van der Waals surface area contributed by atoms with Gasteiger partial charge >= 0.3 is 0 Å². The van der Waals surface area contributed by atoms with E-state index in [9.17, 15) is 4.79 Å². The van der Waals surface area contributed by atoms with Gasteiger partial charge in [0.25, 0.3) is 0 Å². The number of amidine groups is 1. The Kier molecular flexibility index (Phi) is 4.68. The minimum absolute atomic E-state index is 0.0820. The first-order valence-corrected chi connectivity index (χ1v) is 7.28. The molecule has 1 aromatic carbocycles. The van der Waals surface area contributed by atoms with Crippen LogP contribution in [0.2, 0.25) is 0 Å². The monoisotopic (exact) mass is 279 g/mol. The topological polar surface area (TPSA) is 87.7 Å². The summed E-state index contributed by atoms with van der Waals surface area (Å²) in [6.07, 6.45) is 0.971. The first-order chi connectivity index (χ1) is 9.20. The maximum atomic E-state index is 11.8. The van der Waals surface area contributed by atoms with Crippen molar-refractivity contribution >= 4 is 23.5 Å². The van der Waals surface area contributed by atoms with Crippen LogP contribution < -0.4 is 11.1 Å². The minimum Gasteiger partial charge on any atom is -0.409 e. The number of carbonyl (C=O) groups is 1. The molecular formula is C13H17N3O2S. The van der Waals surface area contributed by atoms with Crippen LogP contribution in [0.5, 0.6) is 0 Å². The van der Waals surface area contributed by atoms with Gasteiger partial charge in [-0.1, -0.05) is 29.4 Å². The number of amides is 1. The first kappa shape index (κ1) is 13.7. The van der Waals surface area contributed by atoms with Crippen LogP contribution in [-0.2, 0) is 11.3 Å². The molecule has 1 aromatic rings. The Balaban J connectivity index is 1.87. The zero-order valence-corrected chi connectivity index (χ0v) is 11.3. The second-order valence-corrected chi connectivity index (χ2v) is 5.61. The summed E-state index contributed by atoms with van der Waals surface area (Å²) in [4.78, 5) is 11.8. The van der Waals surface area contributed by atoms with E-state index in [1.54, 1.807) is 12.1 Å². The highest BCUT2D eigenvalue weighted by atomic mass is 32.2. The van der Waals surface area contributed by atoms with Crippen molar-refractivity contribution in [2.75, 3.05) is 11.5 Å². The van der Waals surface area contributed by atoms with Gasteiger partial charge in [-0.25, -0.2) is 0 Å². The highest BCUT2D eigenvalue weighted by Gasteiger charge is 2.22. The molecule has 0 radical (unpaired) electrons. The van der Waals surface area contributed by atoms with Crippen LogP contribution >= 0.6 is 11.8 Å². The second kappa shape index (κ2) is 6.47. The molecule has 1 saturated heterocycles. The molecule has 6 heteroatoms. The Morgan fingerprint density at radius 2 is 2.21 bits per heavy atom. The Labute approximate surface area is 116 Å². The Morgan fingerprint density at radius 1 is 1.47 bits per heavy atom. The molecule has 1 heterocycles. The number of rotatable bonds is 4. The van der Waals surface area contributed by atoms with Gasteiger partial charge in [-0.3, -0.25) is 4.79 Å². The summed E-state index contributed by atoms with van der Waals surface area (Å²) in [6, 6.07) is 7.25. The summed E-state index contributed by atoms with van der Waals surface area (Å²) in [5.41, 5.74) is 7.13. The third kappa shape index (κ3) is 3.64. The Hall–Kier alpha value is -1.69. The van der Waals surface area contributed by atoms with Gasteiger partial charge in [-0.15, -0.1) is 0 Å². The number of hydrogen-bond donors (Lipinski definition) is 3. The molecule has 0 spiro atoms. The zero-order chi connectivity index (χ0) is 13.7. The maximum absolute atomic E-state index is 11.8. The van der Waals surface area contributed by atoms with E-state index in [0.29, 0.717) is 12.1 Å². The molecule has 19 heavy (non-hydrogen) atoms. The molecule has 0 aromatic heterocycles. The summed E-state index contributed by atoms with van der Waals surface area (Å²) in [6.45, 7) is 0.510. The van der Waals surface area contributed by atoms with E-state index in [1.807, 2.05) is 23.9 Å². The highest BCUT2D eigenvalue weighted by molar-refractivity contribution is 7.99. The van der Waals surface area contributed by atoms with E-state index in [-0.39, 0.29) is 17.7 Å². The van der Waals surface area contributed by atoms with Crippen molar-refractivity contribution in [1.82, 2.24) is 5.32 Å². The third-order valence-corrected chi connectivity index (χ3v) is 4.29. The van der Waals surface area contributed by atoms with Gasteiger partial charge in [0.1, 0.15) is 0 Å². The maximum Gasteiger partial charge on any atom is 0.224 e. The van der Waals surface area contributed by atoms with Crippen LogP contribution in [0.25, 0.3) is 0 Å². The quantitative estimate of drug-likeness (QED) is 0.334. The van der Waals surface area contributed by atoms with Crippen molar-refractivity contribution < 1.29 is 10.0 Å². The van der Waals surface area contributed by atoms with Gasteiger partial charge in [-0.05, 0) is 17.7 Å². The summed E-state index contributed by atoms with van der Waals surface area (Å²) in [5, 5.41) is 14.4. The molecule has 1 amide bonds. The predicted octanol–water partition coefficient (Wildman–Crippen LogP) is 1.15. The molecule has 1 aliphatic heterocycles. The fraction of sp³-hybridized carbons (Fsp3) is 0.385. The lowest BCUT2D eigenvalue weighted by Gasteiger charge is -2.10. The van der Waals surface area contributed by atoms with Gasteiger partial charge < -0.3 is 16.3 Å². The van der Waals surface area contributed by atoms with Gasteiger partial charge in [0, 0.05) is 23.8 Å². The lowest BCUT2D eigenvalue weighted by Crippen LogP contribution is -2.30. The number of nitrogens with two attached hydrogens (primary N) is 1. The van der Waals surface area contributed by atoms with E-state index < -0.39 is 0 Å². The summed E-state index contributed by atoms with van der Waals surface area (Å²) >= 11 is 1.83. The Morgan fingerprint density at radius 3 is 2.79 bits per heavy atom. The number of nitrogens with zero attached hydrogens (tertiary/aromatic N) is 1. The van der Waals surface area contributed by atoms with Crippen molar-refractivity contribution in [2.45, 2.75) is 13.0 Å². The predicted molar refractivity (Wildman–Crippen MR) is 76.2 cm³/mol. The van der Waals surface area contributed by atoms with E-state index in [1.165, 1.54) is 0 Å². The molecule has 0 aliphatic carbocycles. The molecule has 5 nitrogen and oxygen atoms in total. The number of oxime groups is 1.